The molecule has 136 valence electrons. The summed E-state index contributed by atoms with van der Waals surface area (Å²) in [7, 11) is -3.59. The molecule has 1 unspecified atom stereocenters. The molecule has 1 fully saturated rings. The molecular formula is C16H26ClN3O3S. The summed E-state index contributed by atoms with van der Waals surface area (Å²) in [5, 5.41) is 0. The number of benzene rings is 1. The summed E-state index contributed by atoms with van der Waals surface area (Å²) in [6.45, 7) is 6.58. The molecule has 6 nitrogen and oxygen atoms in total. The van der Waals surface area contributed by atoms with E-state index < -0.39 is 15.6 Å². The zero-order valence-electron chi connectivity index (χ0n) is 14.3. The standard InChI is InChI=1S/C16H25N3O3S.ClH/c1-16(2,3)18-23(21,22)14-8-6-12(7-9-14)15(20)19-10-4-5-13(17)11-19;/h6-9,13,18H,4-5,10-11,17H2,1-3H3;1H. The number of halogens is 1. The second-order valence-corrected chi connectivity index (χ2v) is 8.72. The van der Waals surface area contributed by atoms with Crippen LogP contribution >= 0.6 is 12.4 Å². The van der Waals surface area contributed by atoms with E-state index in [2.05, 4.69) is 4.72 Å². The van der Waals surface area contributed by atoms with Crippen LogP contribution in [0.4, 0.5) is 0 Å². The monoisotopic (exact) mass is 375 g/mol. The van der Waals surface area contributed by atoms with Crippen molar-refractivity contribution in [3.63, 3.8) is 0 Å². The normalized spacial score (nSPS) is 18.8. The molecule has 3 N–H and O–H groups in total. The summed E-state index contributed by atoms with van der Waals surface area (Å²) in [5.41, 5.74) is 5.82. The predicted molar refractivity (Wildman–Crippen MR) is 96.9 cm³/mol. The molecule has 1 heterocycles. The first-order valence-corrected chi connectivity index (χ1v) is 9.26. The van der Waals surface area contributed by atoms with E-state index in [4.69, 9.17) is 5.73 Å². The van der Waals surface area contributed by atoms with Gasteiger partial charge < -0.3 is 10.6 Å². The SMILES string of the molecule is CC(C)(C)NS(=O)(=O)c1ccc(C(=O)N2CCCC(N)C2)cc1.Cl. The lowest BCUT2D eigenvalue weighted by atomic mass is 10.1. The molecule has 0 bridgehead atoms. The first kappa shape index (κ1) is 20.9. The van der Waals surface area contributed by atoms with Crippen LogP contribution in [0, 0.1) is 0 Å². The number of hydrogen-bond acceptors (Lipinski definition) is 4. The van der Waals surface area contributed by atoms with E-state index in [-0.39, 0.29) is 29.3 Å². The Labute approximate surface area is 150 Å². The Morgan fingerprint density at radius 2 is 1.83 bits per heavy atom. The van der Waals surface area contributed by atoms with Crippen molar-refractivity contribution in [2.45, 2.75) is 50.1 Å². The van der Waals surface area contributed by atoms with Crippen LogP contribution in [0.3, 0.4) is 0 Å². The molecule has 1 aromatic carbocycles. The van der Waals surface area contributed by atoms with Gasteiger partial charge in [-0.05, 0) is 57.9 Å². The maximum Gasteiger partial charge on any atom is 0.253 e. The highest BCUT2D eigenvalue weighted by Crippen LogP contribution is 2.17. The average Bonchev–Trinajstić information content (AvgIpc) is 2.44. The number of hydrogen-bond donors (Lipinski definition) is 2. The number of carbonyl (C=O) groups is 1. The van der Waals surface area contributed by atoms with Gasteiger partial charge >= 0.3 is 0 Å². The highest BCUT2D eigenvalue weighted by molar-refractivity contribution is 7.89. The molecule has 0 aromatic heterocycles. The smallest absolute Gasteiger partial charge is 0.253 e. The molecule has 0 aliphatic carbocycles. The minimum Gasteiger partial charge on any atom is -0.337 e. The van der Waals surface area contributed by atoms with E-state index in [9.17, 15) is 13.2 Å². The van der Waals surface area contributed by atoms with Gasteiger partial charge in [0.05, 0.1) is 4.90 Å². The highest BCUT2D eigenvalue weighted by atomic mass is 35.5. The molecule has 1 aliphatic heterocycles. The lowest BCUT2D eigenvalue weighted by Gasteiger charge is -2.30. The van der Waals surface area contributed by atoms with Crippen molar-refractivity contribution in [2.24, 2.45) is 5.73 Å². The summed E-state index contributed by atoms with van der Waals surface area (Å²) in [5.74, 6) is -0.104. The van der Waals surface area contributed by atoms with Crippen LogP contribution in [-0.4, -0.2) is 43.9 Å². The van der Waals surface area contributed by atoms with E-state index in [0.29, 0.717) is 18.7 Å². The number of nitrogens with one attached hydrogen (secondary N) is 1. The van der Waals surface area contributed by atoms with Crippen molar-refractivity contribution in [3.05, 3.63) is 29.8 Å². The summed E-state index contributed by atoms with van der Waals surface area (Å²) in [4.78, 5) is 14.3. The molecular weight excluding hydrogens is 350 g/mol. The maximum absolute atomic E-state index is 12.4. The van der Waals surface area contributed by atoms with E-state index >= 15 is 0 Å². The lowest BCUT2D eigenvalue weighted by Crippen LogP contribution is -2.45. The quantitative estimate of drug-likeness (QED) is 0.841. The van der Waals surface area contributed by atoms with E-state index in [0.717, 1.165) is 12.8 Å². The number of nitrogens with two attached hydrogens (primary N) is 1. The van der Waals surface area contributed by atoms with Crippen molar-refractivity contribution < 1.29 is 13.2 Å². The predicted octanol–water partition coefficient (Wildman–Crippen LogP) is 1.75. The number of rotatable bonds is 3. The Morgan fingerprint density at radius 3 is 2.33 bits per heavy atom. The van der Waals surface area contributed by atoms with Crippen LogP contribution in [0.2, 0.25) is 0 Å². The second kappa shape index (κ2) is 7.82. The number of sulfonamides is 1. The van der Waals surface area contributed by atoms with Gasteiger partial charge in [0.1, 0.15) is 0 Å². The molecule has 2 rings (SSSR count). The molecule has 0 saturated carbocycles. The fourth-order valence-electron chi connectivity index (χ4n) is 2.62. The fourth-order valence-corrected chi connectivity index (χ4v) is 4.03. The van der Waals surface area contributed by atoms with Gasteiger partial charge in [-0.3, -0.25) is 4.79 Å². The van der Waals surface area contributed by atoms with E-state index in [1.54, 1.807) is 37.8 Å². The first-order chi connectivity index (χ1) is 10.6. The number of nitrogens with zero attached hydrogens (tertiary/aromatic N) is 1. The van der Waals surface area contributed by atoms with Crippen LogP contribution in [0.5, 0.6) is 0 Å². The van der Waals surface area contributed by atoms with Crippen LogP contribution in [0.1, 0.15) is 44.0 Å². The van der Waals surface area contributed by atoms with Crippen molar-refractivity contribution in [1.29, 1.82) is 0 Å². The number of amides is 1. The van der Waals surface area contributed by atoms with Crippen molar-refractivity contribution in [2.75, 3.05) is 13.1 Å². The minimum absolute atomic E-state index is 0. The summed E-state index contributed by atoms with van der Waals surface area (Å²) >= 11 is 0. The molecule has 8 heteroatoms. The van der Waals surface area contributed by atoms with Gasteiger partial charge in [-0.15, -0.1) is 12.4 Å². The Kier molecular flexibility index (Phi) is 6.81. The van der Waals surface area contributed by atoms with Crippen LogP contribution in [0.25, 0.3) is 0 Å². The summed E-state index contributed by atoms with van der Waals surface area (Å²) in [6, 6.07) is 6.05. The third-order valence-corrected chi connectivity index (χ3v) is 5.37. The Morgan fingerprint density at radius 1 is 1.25 bits per heavy atom. The topological polar surface area (TPSA) is 92.5 Å². The highest BCUT2D eigenvalue weighted by Gasteiger charge is 2.24. The number of piperidine rings is 1. The summed E-state index contributed by atoms with van der Waals surface area (Å²) < 4.78 is 27.1. The van der Waals surface area contributed by atoms with Gasteiger partial charge in [-0.1, -0.05) is 0 Å². The molecule has 1 saturated heterocycles. The molecule has 0 spiro atoms. The molecule has 1 aliphatic rings. The van der Waals surface area contributed by atoms with Crippen molar-refractivity contribution in [3.8, 4) is 0 Å². The van der Waals surface area contributed by atoms with Crippen LogP contribution in [-0.2, 0) is 10.0 Å². The lowest BCUT2D eigenvalue weighted by molar-refractivity contribution is 0.0708. The first-order valence-electron chi connectivity index (χ1n) is 7.77. The fraction of sp³-hybridized carbons (Fsp3) is 0.562. The maximum atomic E-state index is 12.4. The van der Waals surface area contributed by atoms with Crippen molar-refractivity contribution >= 4 is 28.3 Å². The Hall–Kier alpha value is -1.15. The molecule has 0 radical (unpaired) electrons. The third kappa shape index (κ3) is 5.44. The number of carbonyl (C=O) groups excluding carboxylic acids is 1. The summed E-state index contributed by atoms with van der Waals surface area (Å²) in [6.07, 6.45) is 1.83. The van der Waals surface area contributed by atoms with Gasteiger partial charge in [-0.2, -0.15) is 0 Å². The van der Waals surface area contributed by atoms with Gasteiger partial charge in [0.25, 0.3) is 5.91 Å². The molecule has 24 heavy (non-hydrogen) atoms. The largest absolute Gasteiger partial charge is 0.337 e. The second-order valence-electron chi connectivity index (χ2n) is 7.03. The molecule has 1 atom stereocenters. The van der Waals surface area contributed by atoms with Gasteiger partial charge in [0.15, 0.2) is 0 Å². The van der Waals surface area contributed by atoms with Crippen LogP contribution < -0.4 is 10.5 Å². The van der Waals surface area contributed by atoms with Crippen molar-refractivity contribution in [1.82, 2.24) is 9.62 Å². The Bertz CT molecular complexity index is 669. The molecule has 1 aromatic rings. The van der Waals surface area contributed by atoms with Gasteiger partial charge in [0.2, 0.25) is 10.0 Å². The molecule has 1 amide bonds. The third-order valence-electron chi connectivity index (χ3n) is 3.60. The van der Waals surface area contributed by atoms with Gasteiger partial charge in [0, 0.05) is 30.2 Å². The Balaban J connectivity index is 0.00000288. The van der Waals surface area contributed by atoms with Gasteiger partial charge in [-0.25, -0.2) is 13.1 Å². The minimum atomic E-state index is -3.59. The number of likely N-dealkylation sites (tertiary alicyclic amines) is 1. The zero-order chi connectivity index (χ0) is 17.3. The van der Waals surface area contributed by atoms with Crippen LogP contribution in [0.15, 0.2) is 29.2 Å². The van der Waals surface area contributed by atoms with E-state index in [1.807, 2.05) is 0 Å². The van der Waals surface area contributed by atoms with E-state index in [1.165, 1.54) is 12.1 Å². The zero-order valence-corrected chi connectivity index (χ0v) is 15.9. The average molecular weight is 376 g/mol.